The SMILES string of the molecule is CO[C@H]1/C=C/O[C@@]2(C)Oc3c(C)c(O)c4c(c3C2=O)C(=O)C(NCC2CN(c3cc5c(cc3F)c(=O)c(C(=O)O)cn5C3CC3)C2)=C(NC(=O)/C(C)=C\C=C\[C@H](C)[C@H](O)[C@@H](C)[C@@H](O)[C@@H](C)[C@H](OC(C)=O)[C@@H]1C)C4=O. The molecule has 74 heavy (non-hydrogen) atoms. The minimum absolute atomic E-state index is 0.0132. The minimum atomic E-state index is -2.18. The number of rotatable bonds is 8. The number of nitrogens with zero attached hydrogens (tertiary/aromatic N) is 2. The third kappa shape index (κ3) is 9.49. The molecule has 6 aliphatic rings. The van der Waals surface area contributed by atoms with Crippen LogP contribution in [-0.2, 0) is 23.8 Å². The Morgan fingerprint density at radius 3 is 2.27 bits per heavy atom. The number of aliphatic hydroxyl groups excluding tert-OH is 2. The summed E-state index contributed by atoms with van der Waals surface area (Å²) in [6.45, 7) is 12.5. The molecule has 1 saturated heterocycles. The van der Waals surface area contributed by atoms with Crippen molar-refractivity contribution in [1.29, 1.82) is 0 Å². The molecule has 2 aliphatic carbocycles. The number of phenols is 1. The number of carboxylic acid groups (broad SMARTS) is 1. The van der Waals surface area contributed by atoms with E-state index in [9.17, 15) is 54.0 Å². The maximum Gasteiger partial charge on any atom is 0.341 e. The van der Waals surface area contributed by atoms with Gasteiger partial charge in [0.1, 0.15) is 40.4 Å². The molecule has 5 heterocycles. The molecule has 9 atom stereocenters. The van der Waals surface area contributed by atoms with Crippen molar-refractivity contribution in [3.63, 3.8) is 0 Å². The summed E-state index contributed by atoms with van der Waals surface area (Å²) in [5.41, 5.74) is -3.06. The minimum Gasteiger partial charge on any atom is -0.507 e. The van der Waals surface area contributed by atoms with Crippen LogP contribution in [0.15, 0.2) is 70.7 Å². The number of nitrogens with one attached hydrogen (secondary N) is 2. The molecule has 1 aromatic heterocycles. The van der Waals surface area contributed by atoms with Gasteiger partial charge in [-0.15, -0.1) is 0 Å². The highest BCUT2D eigenvalue weighted by Gasteiger charge is 2.53. The molecule has 6 N–H and O–H groups in total. The average Bonchev–Trinajstić information content (AvgIpc) is 4.15. The van der Waals surface area contributed by atoms with Crippen molar-refractivity contribution in [1.82, 2.24) is 15.2 Å². The van der Waals surface area contributed by atoms with Gasteiger partial charge in [-0.25, -0.2) is 9.18 Å². The van der Waals surface area contributed by atoms with Gasteiger partial charge in [0.25, 0.3) is 11.7 Å². The number of hydrogen-bond donors (Lipinski definition) is 6. The molecular weight excluding hydrogens is 964 g/mol. The van der Waals surface area contributed by atoms with Crippen LogP contribution in [0.2, 0.25) is 0 Å². The first kappa shape index (κ1) is 53.1. The zero-order chi connectivity index (χ0) is 54.0. The van der Waals surface area contributed by atoms with E-state index >= 15 is 4.39 Å². The van der Waals surface area contributed by atoms with Crippen molar-refractivity contribution in [2.24, 2.45) is 29.6 Å². The highest BCUT2D eigenvalue weighted by atomic mass is 19.1. The van der Waals surface area contributed by atoms with E-state index in [2.05, 4.69) is 10.6 Å². The van der Waals surface area contributed by atoms with Crippen molar-refractivity contribution in [2.45, 2.75) is 104 Å². The lowest BCUT2D eigenvalue weighted by atomic mass is 9.78. The number of carbonyl (C=O) groups is 6. The number of anilines is 1. The Bertz CT molecular complexity index is 3070. The number of ketones is 3. The second-order valence-electron chi connectivity index (χ2n) is 20.3. The highest BCUT2D eigenvalue weighted by molar-refractivity contribution is 6.32. The lowest BCUT2D eigenvalue weighted by Gasteiger charge is -2.41. The summed E-state index contributed by atoms with van der Waals surface area (Å²) in [6, 6.07) is 2.52. The monoisotopic (exact) mass is 1020 g/mol. The molecule has 1 saturated carbocycles. The molecule has 1 amide bonds. The highest BCUT2D eigenvalue weighted by Crippen LogP contribution is 2.49. The quantitative estimate of drug-likeness (QED) is 0.159. The molecule has 394 valence electrons. The summed E-state index contributed by atoms with van der Waals surface area (Å²) in [5.74, 6) is -12.6. The van der Waals surface area contributed by atoms with Crippen LogP contribution in [-0.4, -0.2) is 117 Å². The van der Waals surface area contributed by atoms with Gasteiger partial charge in [0.2, 0.25) is 17.0 Å². The van der Waals surface area contributed by atoms with Crippen molar-refractivity contribution < 1.29 is 72.5 Å². The summed E-state index contributed by atoms with van der Waals surface area (Å²) in [7, 11) is 1.40. The fourth-order valence-electron chi connectivity index (χ4n) is 10.4. The van der Waals surface area contributed by atoms with Crippen LogP contribution in [0.1, 0.15) is 114 Å². The lowest BCUT2D eigenvalue weighted by Crippen LogP contribution is -2.52. The van der Waals surface area contributed by atoms with Gasteiger partial charge in [0.05, 0.1) is 52.5 Å². The van der Waals surface area contributed by atoms with Crippen molar-refractivity contribution in [2.75, 3.05) is 31.6 Å². The molecule has 9 rings (SSSR count). The van der Waals surface area contributed by atoms with E-state index in [1.165, 1.54) is 65.3 Å². The number of halogens is 1. The summed E-state index contributed by atoms with van der Waals surface area (Å²) in [6.07, 6.45) is 5.81. The number of allylic oxidation sites excluding steroid dienone is 4. The van der Waals surface area contributed by atoms with E-state index < -0.39 is 134 Å². The Morgan fingerprint density at radius 2 is 1.64 bits per heavy atom. The van der Waals surface area contributed by atoms with Crippen LogP contribution in [0.4, 0.5) is 10.1 Å². The number of methoxy groups -OCH3 is 1. The Kier molecular flexibility index (Phi) is 14.6. The summed E-state index contributed by atoms with van der Waals surface area (Å²) in [5, 5.41) is 49.9. The predicted molar refractivity (Wildman–Crippen MR) is 265 cm³/mol. The number of esters is 1. The van der Waals surface area contributed by atoms with E-state index in [0.717, 1.165) is 25.2 Å². The number of carboxylic acids is 1. The van der Waals surface area contributed by atoms with Crippen LogP contribution in [0.5, 0.6) is 11.5 Å². The summed E-state index contributed by atoms with van der Waals surface area (Å²) >= 11 is 0. The molecule has 0 radical (unpaired) electrons. The number of pyridine rings is 1. The molecule has 2 aromatic carbocycles. The number of aromatic hydroxyl groups is 1. The number of aromatic carboxylic acids is 1. The smallest absolute Gasteiger partial charge is 0.341 e. The van der Waals surface area contributed by atoms with E-state index in [4.69, 9.17) is 18.9 Å². The maximum absolute atomic E-state index is 15.8. The van der Waals surface area contributed by atoms with Crippen LogP contribution >= 0.6 is 0 Å². The summed E-state index contributed by atoms with van der Waals surface area (Å²) < 4.78 is 41.1. The van der Waals surface area contributed by atoms with Gasteiger partial charge < -0.3 is 59.5 Å². The average molecular weight is 1030 g/mol. The molecule has 20 heteroatoms. The third-order valence-electron chi connectivity index (χ3n) is 15.1. The number of ether oxygens (including phenoxy) is 4. The fraction of sp³-hybridized carbons (Fsp3) is 0.463. The maximum atomic E-state index is 15.8. The number of phenolic OH excluding ortho intramolecular Hbond substituents is 1. The van der Waals surface area contributed by atoms with Crippen LogP contribution in [0, 0.1) is 42.3 Å². The topological polar surface area (TPSA) is 270 Å². The normalized spacial score (nSPS) is 29.5. The number of Topliss-reactive ketones (excluding diaryl/α,β-unsaturated/α-hetero) is 3. The van der Waals surface area contributed by atoms with Crippen molar-refractivity contribution >= 4 is 51.8 Å². The predicted octanol–water partition coefficient (Wildman–Crippen LogP) is 5.17. The molecule has 0 unspecified atom stereocenters. The first-order valence-corrected chi connectivity index (χ1v) is 24.5. The number of aromatic nitrogens is 1. The molecule has 4 aliphatic heterocycles. The first-order valence-electron chi connectivity index (χ1n) is 24.5. The molecule has 5 bridgehead atoms. The number of benzene rings is 2. The molecule has 2 fully saturated rings. The second-order valence-corrected chi connectivity index (χ2v) is 20.3. The fourth-order valence-corrected chi connectivity index (χ4v) is 10.4. The molecule has 0 spiro atoms. The van der Waals surface area contributed by atoms with E-state index in [1.807, 2.05) is 0 Å². The Morgan fingerprint density at radius 1 is 0.946 bits per heavy atom. The zero-order valence-electron chi connectivity index (χ0n) is 42.5. The zero-order valence-corrected chi connectivity index (χ0v) is 42.5. The number of amides is 1. The number of fused-ring (bicyclic) bond motifs is 15. The Labute approximate surface area is 425 Å². The van der Waals surface area contributed by atoms with Crippen molar-refractivity contribution in [3.8, 4) is 11.5 Å². The van der Waals surface area contributed by atoms with Crippen LogP contribution in [0.3, 0.4) is 0 Å². The van der Waals surface area contributed by atoms with Crippen molar-refractivity contribution in [3.05, 3.63) is 110 Å². The van der Waals surface area contributed by atoms with Gasteiger partial charge in [-0.1, -0.05) is 45.9 Å². The molecule has 19 nitrogen and oxygen atoms in total. The van der Waals surface area contributed by atoms with E-state index in [1.54, 1.807) is 43.2 Å². The standard InChI is InChI=1S/C54H61FN4O15/c1-23-11-10-12-24(2)52(68)57-42-41(56-19-30-20-58(21-30)36-18-35-32(17-34(36)55)46(64)33(53(69)70)22-59(35)31-13-14-31)47(65)38-39(48(42)66)45(63)28(6)50-40(38)51(67)54(8,74-50)72-16-15-37(71-9)25(3)49(73-29(7)60)27(5)44(62)26(4)43(23)61/h10-12,15-18,22-23,25-27,30-31,37,43-44,49,56,61-63H,13-14,19-21H2,1-9H3,(H,57,68)(H,69,70)/b11-10+,16-15+,24-12-/t23-,25+,26+,27+,37-,43-,44+,49+,54-/m0/s1. The number of aliphatic hydroxyl groups is 2. The van der Waals surface area contributed by atoms with Gasteiger partial charge in [-0.2, -0.15) is 0 Å². The largest absolute Gasteiger partial charge is 0.507 e. The third-order valence-corrected chi connectivity index (χ3v) is 15.1. The van der Waals surface area contributed by atoms with Gasteiger partial charge in [-0.3, -0.25) is 28.8 Å². The Balaban J connectivity index is 1.14. The lowest BCUT2D eigenvalue weighted by molar-refractivity contribution is -0.160. The van der Waals surface area contributed by atoms with Gasteiger partial charge in [0, 0.05) is 98.9 Å². The first-order chi connectivity index (χ1) is 34.9. The number of carbonyl (C=O) groups excluding carboxylic acids is 5. The van der Waals surface area contributed by atoms with E-state index in [-0.39, 0.29) is 65.1 Å². The molecule has 3 aromatic rings. The summed E-state index contributed by atoms with van der Waals surface area (Å²) in [4.78, 5) is 97.4. The van der Waals surface area contributed by atoms with Crippen LogP contribution < -0.4 is 25.7 Å². The van der Waals surface area contributed by atoms with Gasteiger partial charge >= 0.3 is 17.7 Å². The van der Waals surface area contributed by atoms with Crippen LogP contribution in [0.25, 0.3) is 10.9 Å². The Hall–Kier alpha value is -7.16. The van der Waals surface area contributed by atoms with E-state index in [0.29, 0.717) is 5.52 Å². The molecular formula is C54H61FN4O15. The van der Waals surface area contributed by atoms with Gasteiger partial charge in [-0.05, 0) is 44.9 Å². The number of hydrogen-bond acceptors (Lipinski definition) is 16. The van der Waals surface area contributed by atoms with Gasteiger partial charge in [0.15, 0.2) is 0 Å². The second kappa shape index (κ2) is 20.3.